The van der Waals surface area contributed by atoms with Crippen LogP contribution in [0.4, 0.5) is 0 Å². The summed E-state index contributed by atoms with van der Waals surface area (Å²) in [4.78, 5) is 4.06. The number of pyridine rings is 1. The molecule has 1 aromatic carbocycles. The third-order valence-corrected chi connectivity index (χ3v) is 3.32. The van der Waals surface area contributed by atoms with Gasteiger partial charge < -0.3 is 4.74 Å². The number of hydrogen-bond donors (Lipinski definition) is 0. The van der Waals surface area contributed by atoms with Crippen LogP contribution in [0.5, 0.6) is 5.75 Å². The standard InChI is InChI=1S/C12H8BrCl2NO/c13-12-5-4-8(6-16-12)17-7-9-10(14)2-1-3-11(9)15/h1-6H,7H2. The SMILES string of the molecule is Clc1cccc(Cl)c1COc1ccc(Br)nc1. The maximum Gasteiger partial charge on any atom is 0.138 e. The normalized spacial score (nSPS) is 10.3. The first kappa shape index (κ1) is 12.7. The first-order valence-corrected chi connectivity index (χ1v) is 6.39. The second-order valence-electron chi connectivity index (χ2n) is 3.31. The minimum Gasteiger partial charge on any atom is -0.487 e. The molecule has 5 heteroatoms. The van der Waals surface area contributed by atoms with Gasteiger partial charge in [-0.1, -0.05) is 29.3 Å². The van der Waals surface area contributed by atoms with Gasteiger partial charge in [0.15, 0.2) is 0 Å². The summed E-state index contributed by atoms with van der Waals surface area (Å²) in [5.74, 6) is 0.671. The van der Waals surface area contributed by atoms with Crippen molar-refractivity contribution >= 4 is 39.1 Å². The molecule has 2 nitrogen and oxygen atoms in total. The van der Waals surface area contributed by atoms with E-state index in [0.29, 0.717) is 22.4 Å². The topological polar surface area (TPSA) is 22.1 Å². The van der Waals surface area contributed by atoms with Gasteiger partial charge in [0.25, 0.3) is 0 Å². The summed E-state index contributed by atoms with van der Waals surface area (Å²) in [5.41, 5.74) is 0.777. The summed E-state index contributed by atoms with van der Waals surface area (Å²) in [5, 5.41) is 1.20. The first-order valence-electron chi connectivity index (χ1n) is 4.84. The molecule has 0 unspecified atom stereocenters. The van der Waals surface area contributed by atoms with Crippen LogP contribution >= 0.6 is 39.1 Å². The maximum atomic E-state index is 6.03. The van der Waals surface area contributed by atoms with E-state index < -0.39 is 0 Å². The molecule has 0 aliphatic rings. The molecule has 88 valence electrons. The molecule has 2 rings (SSSR count). The molecule has 0 saturated carbocycles. The van der Waals surface area contributed by atoms with E-state index in [2.05, 4.69) is 20.9 Å². The number of hydrogen-bond acceptors (Lipinski definition) is 2. The number of rotatable bonds is 3. The van der Waals surface area contributed by atoms with Gasteiger partial charge in [0.05, 0.1) is 6.20 Å². The van der Waals surface area contributed by atoms with Crippen molar-refractivity contribution in [3.63, 3.8) is 0 Å². The Morgan fingerprint density at radius 3 is 2.41 bits per heavy atom. The molecular weight excluding hydrogens is 325 g/mol. The van der Waals surface area contributed by atoms with Gasteiger partial charge in [0, 0.05) is 15.6 Å². The minimum atomic E-state index is 0.321. The van der Waals surface area contributed by atoms with Crippen LogP contribution in [-0.2, 0) is 6.61 Å². The molecule has 0 aliphatic carbocycles. The van der Waals surface area contributed by atoms with Crippen molar-refractivity contribution in [3.05, 3.63) is 56.7 Å². The average Bonchev–Trinajstić information content (AvgIpc) is 2.31. The molecule has 0 saturated heterocycles. The van der Waals surface area contributed by atoms with Crippen molar-refractivity contribution in [2.24, 2.45) is 0 Å². The molecule has 1 heterocycles. The Bertz CT molecular complexity index is 496. The molecule has 0 amide bonds. The Morgan fingerprint density at radius 2 is 1.82 bits per heavy atom. The highest BCUT2D eigenvalue weighted by Crippen LogP contribution is 2.25. The fraction of sp³-hybridized carbons (Fsp3) is 0.0833. The van der Waals surface area contributed by atoms with E-state index in [1.54, 1.807) is 24.4 Å². The molecule has 0 aliphatic heterocycles. The van der Waals surface area contributed by atoms with Crippen molar-refractivity contribution in [2.75, 3.05) is 0 Å². The van der Waals surface area contributed by atoms with Crippen LogP contribution < -0.4 is 4.74 Å². The van der Waals surface area contributed by atoms with Gasteiger partial charge in [-0.2, -0.15) is 0 Å². The van der Waals surface area contributed by atoms with E-state index in [4.69, 9.17) is 27.9 Å². The van der Waals surface area contributed by atoms with E-state index in [1.807, 2.05) is 12.1 Å². The van der Waals surface area contributed by atoms with Crippen molar-refractivity contribution in [1.29, 1.82) is 0 Å². The molecule has 0 fully saturated rings. The highest BCUT2D eigenvalue weighted by Gasteiger charge is 2.06. The lowest BCUT2D eigenvalue weighted by Crippen LogP contribution is -1.97. The smallest absolute Gasteiger partial charge is 0.138 e. The predicted molar refractivity (Wildman–Crippen MR) is 72.7 cm³/mol. The van der Waals surface area contributed by atoms with E-state index >= 15 is 0 Å². The maximum absolute atomic E-state index is 6.03. The number of benzene rings is 1. The van der Waals surface area contributed by atoms with Gasteiger partial charge >= 0.3 is 0 Å². The van der Waals surface area contributed by atoms with E-state index in [0.717, 1.165) is 10.2 Å². The van der Waals surface area contributed by atoms with Crippen molar-refractivity contribution in [3.8, 4) is 5.75 Å². The third-order valence-electron chi connectivity index (χ3n) is 2.15. The van der Waals surface area contributed by atoms with Crippen LogP contribution in [0, 0.1) is 0 Å². The lowest BCUT2D eigenvalue weighted by molar-refractivity contribution is 0.305. The second kappa shape index (κ2) is 5.71. The highest BCUT2D eigenvalue weighted by molar-refractivity contribution is 9.10. The zero-order chi connectivity index (χ0) is 12.3. The molecule has 1 aromatic heterocycles. The monoisotopic (exact) mass is 331 g/mol. The molecular formula is C12H8BrCl2NO. The summed E-state index contributed by atoms with van der Waals surface area (Å²) >= 11 is 15.3. The third kappa shape index (κ3) is 3.35. The number of aromatic nitrogens is 1. The number of nitrogens with zero attached hydrogens (tertiary/aromatic N) is 1. The zero-order valence-electron chi connectivity index (χ0n) is 8.66. The average molecular weight is 333 g/mol. The van der Waals surface area contributed by atoms with Gasteiger partial charge in [-0.25, -0.2) is 4.98 Å². The van der Waals surface area contributed by atoms with Gasteiger partial charge in [-0.3, -0.25) is 0 Å². The summed E-state index contributed by atoms with van der Waals surface area (Å²) in [6.45, 7) is 0.321. The molecule has 0 radical (unpaired) electrons. The Hall–Kier alpha value is -0.770. The quantitative estimate of drug-likeness (QED) is 0.758. The minimum absolute atomic E-state index is 0.321. The lowest BCUT2D eigenvalue weighted by Gasteiger charge is -2.09. The molecule has 17 heavy (non-hydrogen) atoms. The molecule has 2 aromatic rings. The molecule has 0 atom stereocenters. The van der Waals surface area contributed by atoms with Gasteiger partial charge in [0.1, 0.15) is 17.0 Å². The van der Waals surface area contributed by atoms with Crippen LogP contribution in [0.2, 0.25) is 10.0 Å². The summed E-state index contributed by atoms with van der Waals surface area (Å²) < 4.78 is 6.32. The van der Waals surface area contributed by atoms with Gasteiger partial charge in [-0.15, -0.1) is 0 Å². The van der Waals surface area contributed by atoms with E-state index in [-0.39, 0.29) is 0 Å². The Morgan fingerprint density at radius 1 is 1.12 bits per heavy atom. The van der Waals surface area contributed by atoms with Gasteiger partial charge in [0.2, 0.25) is 0 Å². The fourth-order valence-electron chi connectivity index (χ4n) is 1.27. The second-order valence-corrected chi connectivity index (χ2v) is 4.93. The van der Waals surface area contributed by atoms with Crippen molar-refractivity contribution in [2.45, 2.75) is 6.61 Å². The first-order chi connectivity index (χ1) is 8.16. The van der Waals surface area contributed by atoms with Gasteiger partial charge in [-0.05, 0) is 40.2 Å². The van der Waals surface area contributed by atoms with Crippen LogP contribution in [0.1, 0.15) is 5.56 Å². The van der Waals surface area contributed by atoms with E-state index in [9.17, 15) is 0 Å². The lowest BCUT2D eigenvalue weighted by atomic mass is 10.2. The fourth-order valence-corrected chi connectivity index (χ4v) is 2.01. The zero-order valence-corrected chi connectivity index (χ0v) is 11.8. The molecule has 0 spiro atoms. The van der Waals surface area contributed by atoms with Crippen LogP contribution in [0.3, 0.4) is 0 Å². The molecule has 0 bridgehead atoms. The largest absolute Gasteiger partial charge is 0.487 e. The summed E-state index contributed by atoms with van der Waals surface area (Å²) in [6, 6.07) is 9.00. The van der Waals surface area contributed by atoms with Crippen molar-refractivity contribution < 1.29 is 4.74 Å². The Labute approximate surface area is 118 Å². The molecule has 0 N–H and O–H groups in total. The number of ether oxygens (including phenoxy) is 1. The highest BCUT2D eigenvalue weighted by atomic mass is 79.9. The summed E-state index contributed by atoms with van der Waals surface area (Å²) in [6.07, 6.45) is 1.63. The number of halogens is 3. The van der Waals surface area contributed by atoms with Crippen molar-refractivity contribution in [1.82, 2.24) is 4.98 Å². The Kier molecular flexibility index (Phi) is 4.26. The van der Waals surface area contributed by atoms with Crippen LogP contribution in [0.15, 0.2) is 41.1 Å². The van der Waals surface area contributed by atoms with Crippen LogP contribution in [0.25, 0.3) is 0 Å². The van der Waals surface area contributed by atoms with Crippen LogP contribution in [-0.4, -0.2) is 4.98 Å². The Balaban J connectivity index is 2.10. The predicted octanol–water partition coefficient (Wildman–Crippen LogP) is 4.73. The summed E-state index contributed by atoms with van der Waals surface area (Å²) in [7, 11) is 0. The van der Waals surface area contributed by atoms with E-state index in [1.165, 1.54) is 0 Å².